The number of hydrogen-bond acceptors (Lipinski definition) is 4. The van der Waals surface area contributed by atoms with Crippen LogP contribution in [0.15, 0.2) is 59.6 Å². The third kappa shape index (κ3) is 5.97. The molecular weight excluding hydrogens is 448 g/mol. The fourth-order valence-corrected chi connectivity index (χ4v) is 5.06. The highest BCUT2D eigenvalue weighted by atomic mass is 35.5. The van der Waals surface area contributed by atoms with Crippen LogP contribution in [-0.2, 0) is 23.0 Å². The van der Waals surface area contributed by atoms with E-state index in [4.69, 9.17) is 11.6 Å². The number of carbonyl (C=O) groups is 1. The SMILES string of the molecule is CCc1ccc(Cn2nccc2NC(=O)c2ccc(Cl)c(S(=O)(=O)NC(C)(C)C)c2)cc1. The van der Waals surface area contributed by atoms with Crippen LogP contribution in [0.4, 0.5) is 5.82 Å². The van der Waals surface area contributed by atoms with E-state index in [1.165, 1.54) is 23.8 Å². The fraction of sp³-hybridized carbons (Fsp3) is 0.304. The van der Waals surface area contributed by atoms with Crippen molar-refractivity contribution in [2.75, 3.05) is 5.32 Å². The minimum atomic E-state index is -3.90. The quantitative estimate of drug-likeness (QED) is 0.528. The molecule has 3 rings (SSSR count). The van der Waals surface area contributed by atoms with E-state index in [1.54, 1.807) is 37.7 Å². The van der Waals surface area contributed by atoms with Crippen molar-refractivity contribution in [1.29, 1.82) is 0 Å². The van der Waals surface area contributed by atoms with Gasteiger partial charge < -0.3 is 5.32 Å². The summed E-state index contributed by atoms with van der Waals surface area (Å²) in [6.07, 6.45) is 2.56. The first-order valence-corrected chi connectivity index (χ1v) is 12.1. The van der Waals surface area contributed by atoms with Crippen molar-refractivity contribution in [3.05, 3.63) is 76.4 Å². The number of nitrogens with one attached hydrogen (secondary N) is 2. The van der Waals surface area contributed by atoms with Gasteiger partial charge in [0.2, 0.25) is 10.0 Å². The van der Waals surface area contributed by atoms with Gasteiger partial charge in [-0.25, -0.2) is 17.8 Å². The van der Waals surface area contributed by atoms with Crippen LogP contribution in [0.2, 0.25) is 5.02 Å². The van der Waals surface area contributed by atoms with Crippen molar-refractivity contribution in [3.63, 3.8) is 0 Å². The van der Waals surface area contributed by atoms with Gasteiger partial charge in [0.15, 0.2) is 0 Å². The molecule has 0 bridgehead atoms. The average Bonchev–Trinajstić information content (AvgIpc) is 3.13. The third-order valence-corrected chi connectivity index (χ3v) is 6.88. The first kappa shape index (κ1) is 24.0. The molecule has 2 N–H and O–H groups in total. The summed E-state index contributed by atoms with van der Waals surface area (Å²) in [5.74, 6) is 0.0405. The van der Waals surface area contributed by atoms with Gasteiger partial charge in [-0.3, -0.25) is 4.79 Å². The highest BCUT2D eigenvalue weighted by Gasteiger charge is 2.25. The largest absolute Gasteiger partial charge is 0.307 e. The topological polar surface area (TPSA) is 93.1 Å². The summed E-state index contributed by atoms with van der Waals surface area (Å²) in [7, 11) is -3.90. The van der Waals surface area contributed by atoms with Crippen LogP contribution in [-0.4, -0.2) is 29.6 Å². The highest BCUT2D eigenvalue weighted by Crippen LogP contribution is 2.24. The highest BCUT2D eigenvalue weighted by molar-refractivity contribution is 7.89. The minimum absolute atomic E-state index is 0.0406. The van der Waals surface area contributed by atoms with Crippen LogP contribution in [0.25, 0.3) is 0 Å². The lowest BCUT2D eigenvalue weighted by Crippen LogP contribution is -2.40. The Kier molecular flexibility index (Phi) is 7.07. The molecule has 2 aromatic carbocycles. The number of aromatic nitrogens is 2. The van der Waals surface area contributed by atoms with E-state index >= 15 is 0 Å². The van der Waals surface area contributed by atoms with Gasteiger partial charge in [0.25, 0.3) is 5.91 Å². The summed E-state index contributed by atoms with van der Waals surface area (Å²) >= 11 is 6.13. The van der Waals surface area contributed by atoms with E-state index in [9.17, 15) is 13.2 Å². The van der Waals surface area contributed by atoms with Crippen LogP contribution in [0.1, 0.15) is 49.2 Å². The molecule has 0 atom stereocenters. The zero-order valence-electron chi connectivity index (χ0n) is 18.5. The average molecular weight is 475 g/mol. The number of rotatable bonds is 7. The molecule has 0 aliphatic carbocycles. The summed E-state index contributed by atoms with van der Waals surface area (Å²) in [6, 6.07) is 14.0. The summed E-state index contributed by atoms with van der Waals surface area (Å²) in [5.41, 5.74) is 1.78. The smallest absolute Gasteiger partial charge is 0.256 e. The van der Waals surface area contributed by atoms with Crippen molar-refractivity contribution in [2.24, 2.45) is 0 Å². The molecule has 0 saturated heterocycles. The van der Waals surface area contributed by atoms with Gasteiger partial charge in [-0.2, -0.15) is 5.10 Å². The Hall–Kier alpha value is -2.68. The van der Waals surface area contributed by atoms with Crippen LogP contribution >= 0.6 is 11.6 Å². The van der Waals surface area contributed by atoms with Gasteiger partial charge >= 0.3 is 0 Å². The number of benzene rings is 2. The second-order valence-electron chi connectivity index (χ2n) is 8.50. The van der Waals surface area contributed by atoms with Crippen LogP contribution in [0, 0.1) is 0 Å². The van der Waals surface area contributed by atoms with Crippen LogP contribution < -0.4 is 10.0 Å². The van der Waals surface area contributed by atoms with E-state index in [0.717, 1.165) is 12.0 Å². The lowest BCUT2D eigenvalue weighted by Gasteiger charge is -2.21. The predicted molar refractivity (Wildman–Crippen MR) is 127 cm³/mol. The van der Waals surface area contributed by atoms with Crippen LogP contribution in [0.5, 0.6) is 0 Å². The predicted octanol–water partition coefficient (Wildman–Crippen LogP) is 4.48. The maximum absolute atomic E-state index is 12.9. The molecule has 0 saturated carbocycles. The van der Waals surface area contributed by atoms with E-state index in [0.29, 0.717) is 12.4 Å². The van der Waals surface area contributed by atoms with Gasteiger partial charge in [0.1, 0.15) is 10.7 Å². The molecule has 1 aromatic heterocycles. The number of carbonyl (C=O) groups excluding carboxylic acids is 1. The van der Waals surface area contributed by atoms with Crippen molar-refractivity contribution in [2.45, 2.75) is 51.1 Å². The Bertz CT molecular complexity index is 1210. The Labute approximate surface area is 193 Å². The number of aryl methyl sites for hydroxylation is 1. The Balaban J connectivity index is 1.81. The van der Waals surface area contributed by atoms with Crippen LogP contribution in [0.3, 0.4) is 0 Å². The van der Waals surface area contributed by atoms with Crippen molar-refractivity contribution in [1.82, 2.24) is 14.5 Å². The number of hydrogen-bond donors (Lipinski definition) is 2. The number of amides is 1. The molecule has 0 radical (unpaired) electrons. The van der Waals surface area contributed by atoms with Gasteiger partial charge in [-0.15, -0.1) is 0 Å². The van der Waals surface area contributed by atoms with Gasteiger partial charge in [0, 0.05) is 17.2 Å². The Morgan fingerprint density at radius 2 is 1.72 bits per heavy atom. The van der Waals surface area contributed by atoms with E-state index in [1.807, 2.05) is 12.1 Å². The second-order valence-corrected chi connectivity index (χ2v) is 10.6. The molecule has 3 aromatic rings. The standard InChI is InChI=1S/C23H27ClN4O3S/c1-5-16-6-8-17(9-7-16)15-28-21(12-13-25-28)26-22(29)18-10-11-19(24)20(14-18)32(30,31)27-23(2,3)4/h6-14,27H,5,15H2,1-4H3,(H,26,29). The molecule has 0 spiro atoms. The second kappa shape index (κ2) is 9.44. The minimum Gasteiger partial charge on any atom is -0.307 e. The zero-order valence-corrected chi connectivity index (χ0v) is 20.1. The normalized spacial score (nSPS) is 12.0. The van der Waals surface area contributed by atoms with E-state index in [-0.39, 0.29) is 15.5 Å². The van der Waals surface area contributed by atoms with E-state index in [2.05, 4.69) is 34.2 Å². The third-order valence-electron chi connectivity index (χ3n) is 4.65. The maximum Gasteiger partial charge on any atom is 0.256 e. The summed E-state index contributed by atoms with van der Waals surface area (Å²) in [6.45, 7) is 7.77. The zero-order chi connectivity index (χ0) is 23.5. The fourth-order valence-electron chi connectivity index (χ4n) is 3.12. The molecule has 1 amide bonds. The molecule has 0 aliphatic rings. The molecule has 0 unspecified atom stereocenters. The molecule has 0 aliphatic heterocycles. The number of sulfonamides is 1. The molecule has 32 heavy (non-hydrogen) atoms. The lowest BCUT2D eigenvalue weighted by atomic mass is 10.1. The molecule has 1 heterocycles. The Morgan fingerprint density at radius 3 is 2.34 bits per heavy atom. The van der Waals surface area contributed by atoms with Crippen molar-refractivity contribution >= 4 is 33.3 Å². The van der Waals surface area contributed by atoms with Gasteiger partial charge in [0.05, 0.1) is 17.8 Å². The molecule has 7 nitrogen and oxygen atoms in total. The monoisotopic (exact) mass is 474 g/mol. The van der Waals surface area contributed by atoms with Crippen molar-refractivity contribution < 1.29 is 13.2 Å². The maximum atomic E-state index is 12.9. The lowest BCUT2D eigenvalue weighted by molar-refractivity contribution is 0.102. The number of anilines is 1. The van der Waals surface area contributed by atoms with Gasteiger partial charge in [-0.05, 0) is 56.5 Å². The summed E-state index contributed by atoms with van der Waals surface area (Å²) in [4.78, 5) is 12.7. The molecule has 0 fully saturated rings. The Morgan fingerprint density at radius 1 is 1.06 bits per heavy atom. The van der Waals surface area contributed by atoms with Crippen molar-refractivity contribution in [3.8, 4) is 0 Å². The van der Waals surface area contributed by atoms with Gasteiger partial charge in [-0.1, -0.05) is 42.8 Å². The summed E-state index contributed by atoms with van der Waals surface area (Å²) < 4.78 is 29.7. The van der Waals surface area contributed by atoms with E-state index < -0.39 is 21.5 Å². The molecule has 9 heteroatoms. The first-order chi connectivity index (χ1) is 15.0. The molecular formula is C23H27ClN4O3S. The molecule has 170 valence electrons. The first-order valence-electron chi connectivity index (χ1n) is 10.2. The number of halogens is 1. The number of nitrogens with zero attached hydrogens (tertiary/aromatic N) is 2. The summed E-state index contributed by atoms with van der Waals surface area (Å²) in [5, 5.41) is 7.13.